The smallest absolute Gasteiger partial charge is 0.312 e. The lowest BCUT2D eigenvalue weighted by atomic mass is 10.2. The van der Waals surface area contributed by atoms with Crippen LogP contribution in [-0.4, -0.2) is 24.1 Å². The molecular weight excluding hydrogens is 262 g/mol. The number of thiocarbonyl (C=S) groups is 1. The van der Waals surface area contributed by atoms with E-state index in [9.17, 15) is 13.6 Å². The zero-order valence-electron chi connectivity index (χ0n) is 9.30. The summed E-state index contributed by atoms with van der Waals surface area (Å²) >= 11 is 4.62. The Balaban J connectivity index is 2.72. The van der Waals surface area contributed by atoms with E-state index in [0.29, 0.717) is 0 Å². The fourth-order valence-electron chi connectivity index (χ4n) is 1.26. The van der Waals surface area contributed by atoms with Gasteiger partial charge in [-0.3, -0.25) is 0 Å². The maximum Gasteiger partial charge on any atom is 0.312 e. The van der Waals surface area contributed by atoms with Crippen molar-refractivity contribution < 1.29 is 13.6 Å². The maximum atomic E-state index is 13.5. The molecule has 1 aromatic rings. The average molecular weight is 274 g/mol. The molecule has 1 rings (SSSR count). The first-order chi connectivity index (χ1) is 8.41. The van der Waals surface area contributed by atoms with Gasteiger partial charge in [-0.05, 0) is 12.1 Å². The summed E-state index contributed by atoms with van der Waals surface area (Å²) in [6.45, 7) is 0.272. The second-order valence-corrected chi connectivity index (χ2v) is 3.84. The topological polar surface area (TPSA) is 93.2 Å². The largest absolute Gasteiger partial charge is 0.389 e. The number of carbonyl (C=O) groups excluding carboxylic acids is 1. The van der Waals surface area contributed by atoms with Gasteiger partial charge in [-0.15, -0.1) is 0 Å². The van der Waals surface area contributed by atoms with E-state index in [1.165, 1.54) is 0 Å². The molecule has 98 valence electrons. The number of carbonyl (C=O) groups is 1. The minimum atomic E-state index is -0.808. The van der Waals surface area contributed by atoms with Crippen LogP contribution in [0.15, 0.2) is 12.1 Å². The predicted octanol–water partition coefficient (Wildman–Crippen LogP) is 0.679. The third-order valence-electron chi connectivity index (χ3n) is 2.05. The molecule has 0 aliphatic heterocycles. The second-order valence-electron chi connectivity index (χ2n) is 3.40. The van der Waals surface area contributed by atoms with Crippen LogP contribution in [0.1, 0.15) is 5.56 Å². The Morgan fingerprint density at radius 1 is 1.22 bits per heavy atom. The number of amides is 2. The Morgan fingerprint density at radius 2 is 1.78 bits per heavy atom. The highest BCUT2D eigenvalue weighted by Crippen LogP contribution is 2.20. The summed E-state index contributed by atoms with van der Waals surface area (Å²) in [5, 5.41) is 4.77. The number of benzene rings is 1. The molecule has 0 aliphatic rings. The zero-order chi connectivity index (χ0) is 13.7. The normalized spacial score (nSPS) is 9.89. The lowest BCUT2D eigenvalue weighted by molar-refractivity contribution is 0.249. The molecule has 0 aromatic heterocycles. The van der Waals surface area contributed by atoms with E-state index in [1.807, 2.05) is 0 Å². The van der Waals surface area contributed by atoms with Gasteiger partial charge in [-0.25, -0.2) is 13.6 Å². The second kappa shape index (κ2) is 6.10. The van der Waals surface area contributed by atoms with Crippen molar-refractivity contribution in [3.63, 3.8) is 0 Å². The van der Waals surface area contributed by atoms with Crippen molar-refractivity contribution in [3.8, 4) is 0 Å². The molecule has 0 saturated heterocycles. The van der Waals surface area contributed by atoms with Crippen molar-refractivity contribution in [2.75, 3.05) is 18.4 Å². The molecule has 0 saturated carbocycles. The molecule has 0 fully saturated rings. The summed E-state index contributed by atoms with van der Waals surface area (Å²) in [6.07, 6.45) is 0. The Kier molecular flexibility index (Phi) is 4.78. The number of nitrogens with one attached hydrogen (secondary N) is 2. The van der Waals surface area contributed by atoms with Crippen molar-refractivity contribution in [2.45, 2.75) is 0 Å². The van der Waals surface area contributed by atoms with Gasteiger partial charge in [0, 0.05) is 18.7 Å². The predicted molar refractivity (Wildman–Crippen MR) is 68.3 cm³/mol. The van der Waals surface area contributed by atoms with Crippen LogP contribution in [0.5, 0.6) is 0 Å². The first kappa shape index (κ1) is 14.1. The SMILES string of the molecule is NC(=O)NCCNc1c(F)cc(C(N)=S)cc1F. The Bertz CT molecular complexity index is 458. The van der Waals surface area contributed by atoms with Crippen LogP contribution in [-0.2, 0) is 0 Å². The van der Waals surface area contributed by atoms with E-state index in [-0.39, 0.29) is 29.3 Å². The van der Waals surface area contributed by atoms with Crippen LogP contribution in [0.4, 0.5) is 19.3 Å². The molecule has 18 heavy (non-hydrogen) atoms. The van der Waals surface area contributed by atoms with E-state index < -0.39 is 17.7 Å². The standard InChI is InChI=1S/C10H12F2N4OS/c11-6-3-5(9(13)18)4-7(12)8(6)15-1-2-16-10(14)17/h3-4,15H,1-2H2,(H2,13,18)(H3,14,16,17). The van der Waals surface area contributed by atoms with Gasteiger partial charge >= 0.3 is 6.03 Å². The van der Waals surface area contributed by atoms with Crippen LogP contribution in [0.2, 0.25) is 0 Å². The van der Waals surface area contributed by atoms with Gasteiger partial charge in [0.25, 0.3) is 0 Å². The zero-order valence-corrected chi connectivity index (χ0v) is 10.1. The minimum Gasteiger partial charge on any atom is -0.389 e. The number of anilines is 1. The van der Waals surface area contributed by atoms with Crippen molar-refractivity contribution in [1.82, 2.24) is 5.32 Å². The summed E-state index contributed by atoms with van der Waals surface area (Å²) < 4.78 is 27.1. The third kappa shape index (κ3) is 3.81. The first-order valence-corrected chi connectivity index (χ1v) is 5.38. The molecule has 0 aliphatic carbocycles. The number of hydrogen-bond donors (Lipinski definition) is 4. The van der Waals surface area contributed by atoms with Crippen LogP contribution in [0.3, 0.4) is 0 Å². The number of hydrogen-bond acceptors (Lipinski definition) is 3. The van der Waals surface area contributed by atoms with Crippen molar-refractivity contribution in [1.29, 1.82) is 0 Å². The summed E-state index contributed by atoms with van der Waals surface area (Å²) in [7, 11) is 0. The van der Waals surface area contributed by atoms with E-state index >= 15 is 0 Å². The van der Waals surface area contributed by atoms with Crippen molar-refractivity contribution in [3.05, 3.63) is 29.3 Å². The van der Waals surface area contributed by atoms with Gasteiger partial charge in [0.05, 0.1) is 0 Å². The molecule has 2 amide bonds. The molecule has 0 bridgehead atoms. The Labute approximate surface area is 108 Å². The molecule has 0 spiro atoms. The summed E-state index contributed by atoms with van der Waals surface area (Å²) in [6, 6.07) is 1.37. The summed E-state index contributed by atoms with van der Waals surface area (Å²) in [5.74, 6) is -1.62. The Hall–Kier alpha value is -1.96. The minimum absolute atomic E-state index is 0.0882. The highest BCUT2D eigenvalue weighted by Gasteiger charge is 2.11. The van der Waals surface area contributed by atoms with E-state index in [1.54, 1.807) is 0 Å². The maximum absolute atomic E-state index is 13.5. The Morgan fingerprint density at radius 3 is 2.22 bits per heavy atom. The first-order valence-electron chi connectivity index (χ1n) is 4.98. The molecule has 0 heterocycles. The van der Waals surface area contributed by atoms with Crippen molar-refractivity contribution >= 4 is 28.9 Å². The fraction of sp³-hybridized carbons (Fsp3) is 0.200. The van der Waals surface area contributed by atoms with E-state index in [2.05, 4.69) is 22.9 Å². The van der Waals surface area contributed by atoms with Crippen LogP contribution < -0.4 is 22.1 Å². The highest BCUT2D eigenvalue weighted by atomic mass is 32.1. The summed E-state index contributed by atoms with van der Waals surface area (Å²) in [4.78, 5) is 10.3. The fourth-order valence-corrected chi connectivity index (χ4v) is 1.38. The van der Waals surface area contributed by atoms with E-state index in [0.717, 1.165) is 12.1 Å². The number of primary amides is 1. The van der Waals surface area contributed by atoms with Crippen LogP contribution in [0.25, 0.3) is 0 Å². The van der Waals surface area contributed by atoms with Crippen LogP contribution >= 0.6 is 12.2 Å². The van der Waals surface area contributed by atoms with E-state index in [4.69, 9.17) is 11.5 Å². The number of urea groups is 1. The monoisotopic (exact) mass is 274 g/mol. The highest BCUT2D eigenvalue weighted by molar-refractivity contribution is 7.80. The summed E-state index contributed by atoms with van der Waals surface area (Å²) in [5.41, 5.74) is 9.91. The van der Waals surface area contributed by atoms with Gasteiger partial charge in [-0.1, -0.05) is 12.2 Å². The van der Waals surface area contributed by atoms with Gasteiger partial charge in [0.2, 0.25) is 0 Å². The van der Waals surface area contributed by atoms with Gasteiger partial charge in [-0.2, -0.15) is 0 Å². The molecule has 0 atom stereocenters. The molecule has 1 aromatic carbocycles. The molecular formula is C10H12F2N4OS. The van der Waals surface area contributed by atoms with Crippen molar-refractivity contribution in [2.24, 2.45) is 11.5 Å². The number of halogens is 2. The quantitative estimate of drug-likeness (QED) is 0.469. The average Bonchev–Trinajstić information content (AvgIpc) is 2.26. The lowest BCUT2D eigenvalue weighted by Gasteiger charge is -2.10. The van der Waals surface area contributed by atoms with Gasteiger partial charge in [0.15, 0.2) is 0 Å². The molecule has 8 heteroatoms. The van der Waals surface area contributed by atoms with Gasteiger partial charge in [0.1, 0.15) is 22.3 Å². The van der Waals surface area contributed by atoms with Crippen LogP contribution in [0, 0.1) is 11.6 Å². The number of nitrogens with two attached hydrogens (primary N) is 2. The van der Waals surface area contributed by atoms with Gasteiger partial charge < -0.3 is 22.1 Å². The molecule has 6 N–H and O–H groups in total. The molecule has 0 radical (unpaired) electrons. The molecule has 5 nitrogen and oxygen atoms in total. The molecule has 0 unspecified atom stereocenters. The number of rotatable bonds is 5. The lowest BCUT2D eigenvalue weighted by Crippen LogP contribution is -2.33. The third-order valence-corrected chi connectivity index (χ3v) is 2.29.